The van der Waals surface area contributed by atoms with Gasteiger partial charge in [0.1, 0.15) is 11.9 Å². The van der Waals surface area contributed by atoms with Crippen molar-refractivity contribution in [2.24, 2.45) is 11.7 Å². The molecule has 4 fully saturated rings. The molecule has 0 radical (unpaired) electrons. The number of hydrogen-bond acceptors (Lipinski definition) is 5. The van der Waals surface area contributed by atoms with Crippen LogP contribution in [0, 0.1) is 23.1 Å². The third-order valence-corrected chi connectivity index (χ3v) is 7.33. The number of nitrogens with two attached hydrogens (primary N) is 1. The minimum Gasteiger partial charge on any atom is -0.330 e. The predicted octanol–water partition coefficient (Wildman–Crippen LogP) is 1.40. The molecule has 1 aliphatic carbocycles. The Bertz CT molecular complexity index is 912. The van der Waals surface area contributed by atoms with Gasteiger partial charge in [-0.3, -0.25) is 14.5 Å². The summed E-state index contributed by atoms with van der Waals surface area (Å²) in [5, 5.41) is 9.25. The molecule has 3 aliphatic heterocycles. The molecule has 31 heavy (non-hydrogen) atoms. The number of fused-ring (bicyclic) bond motifs is 2. The summed E-state index contributed by atoms with van der Waals surface area (Å²) >= 11 is 0. The van der Waals surface area contributed by atoms with Gasteiger partial charge >= 0.3 is 0 Å². The third kappa shape index (κ3) is 3.60. The van der Waals surface area contributed by atoms with Crippen LogP contribution in [0.4, 0.5) is 4.39 Å². The van der Waals surface area contributed by atoms with Gasteiger partial charge in [-0.1, -0.05) is 12.1 Å². The summed E-state index contributed by atoms with van der Waals surface area (Å²) in [4.78, 5) is 31.7. The van der Waals surface area contributed by atoms with E-state index in [0.717, 1.165) is 31.2 Å². The maximum Gasteiger partial charge on any atom is 0.241 e. The van der Waals surface area contributed by atoms with Gasteiger partial charge in [0.15, 0.2) is 0 Å². The van der Waals surface area contributed by atoms with E-state index in [4.69, 9.17) is 5.73 Å². The van der Waals surface area contributed by atoms with E-state index in [0.29, 0.717) is 32.0 Å². The lowest BCUT2D eigenvalue weighted by atomic mass is 9.99. The van der Waals surface area contributed by atoms with E-state index in [2.05, 4.69) is 6.07 Å². The number of piperazine rings is 1. The van der Waals surface area contributed by atoms with Gasteiger partial charge in [0.25, 0.3) is 0 Å². The standard InChI is InChI=1S/C23H28FN5O2/c24-16-7-5-15(6-8-16)21(14-3-4-14)29-18-10-20(23(29)31)27(12-18)13-19(26)22(30)28-9-1-2-17(28)11-25/h5-8,14,17-21H,1-4,9-10,12-13,26H2/t17-,18?,19-,20-,21-/m0/s1. The summed E-state index contributed by atoms with van der Waals surface area (Å²) in [6, 6.07) is 7.43. The second-order valence-corrected chi connectivity index (χ2v) is 9.36. The molecule has 2 N–H and O–H groups in total. The van der Waals surface area contributed by atoms with E-state index in [1.165, 1.54) is 12.1 Å². The van der Waals surface area contributed by atoms with Gasteiger partial charge in [0.05, 0.1) is 24.2 Å². The summed E-state index contributed by atoms with van der Waals surface area (Å²) in [6.45, 7) is 1.60. The summed E-state index contributed by atoms with van der Waals surface area (Å²) in [5.41, 5.74) is 7.23. The van der Waals surface area contributed by atoms with E-state index in [1.54, 1.807) is 17.0 Å². The van der Waals surface area contributed by atoms with Crippen LogP contribution in [0.2, 0.25) is 0 Å². The maximum absolute atomic E-state index is 13.4. The number of nitriles is 1. The van der Waals surface area contributed by atoms with E-state index >= 15 is 0 Å². The van der Waals surface area contributed by atoms with Crippen LogP contribution >= 0.6 is 0 Å². The molecule has 5 atom stereocenters. The molecule has 8 heteroatoms. The number of nitrogens with zero attached hydrogens (tertiary/aromatic N) is 4. The Labute approximate surface area is 181 Å². The second-order valence-electron chi connectivity index (χ2n) is 9.36. The number of likely N-dealkylation sites (tertiary alicyclic amines) is 3. The summed E-state index contributed by atoms with van der Waals surface area (Å²) < 4.78 is 13.4. The number of carbonyl (C=O) groups is 2. The van der Waals surface area contributed by atoms with Crippen molar-refractivity contribution in [3.8, 4) is 6.07 Å². The number of benzene rings is 1. The molecule has 4 aliphatic rings. The Hall–Kier alpha value is -2.50. The topological polar surface area (TPSA) is 93.7 Å². The van der Waals surface area contributed by atoms with Gasteiger partial charge < -0.3 is 15.5 Å². The molecule has 5 rings (SSSR count). The molecular formula is C23H28FN5O2. The first-order valence-electron chi connectivity index (χ1n) is 11.3. The normalized spacial score (nSPS) is 30.0. The van der Waals surface area contributed by atoms with Crippen molar-refractivity contribution in [3.63, 3.8) is 0 Å². The summed E-state index contributed by atoms with van der Waals surface area (Å²) in [5.74, 6) is 0.0599. The fourth-order valence-electron chi connectivity index (χ4n) is 5.70. The lowest BCUT2D eigenvalue weighted by molar-refractivity contribution is -0.141. The Morgan fingerprint density at radius 1 is 1.26 bits per heavy atom. The highest BCUT2D eigenvalue weighted by Gasteiger charge is 2.54. The van der Waals surface area contributed by atoms with Crippen LogP contribution in [0.1, 0.15) is 43.7 Å². The molecule has 0 aromatic heterocycles. The molecule has 3 saturated heterocycles. The van der Waals surface area contributed by atoms with Crippen molar-refractivity contribution in [3.05, 3.63) is 35.6 Å². The monoisotopic (exact) mass is 425 g/mol. The lowest BCUT2D eigenvalue weighted by Crippen LogP contribution is -2.57. The first kappa shape index (κ1) is 20.4. The van der Waals surface area contributed by atoms with Crippen LogP contribution < -0.4 is 5.73 Å². The maximum atomic E-state index is 13.4. The predicted molar refractivity (Wildman–Crippen MR) is 111 cm³/mol. The zero-order valence-corrected chi connectivity index (χ0v) is 17.5. The highest BCUT2D eigenvalue weighted by Crippen LogP contribution is 2.49. The zero-order valence-electron chi connectivity index (χ0n) is 17.5. The highest BCUT2D eigenvalue weighted by atomic mass is 19.1. The Kier molecular flexibility index (Phi) is 5.19. The number of hydrogen-bond donors (Lipinski definition) is 1. The molecular weight excluding hydrogens is 397 g/mol. The third-order valence-electron chi connectivity index (χ3n) is 7.33. The molecule has 1 aromatic carbocycles. The number of carbonyl (C=O) groups excluding carboxylic acids is 2. The molecule has 1 unspecified atom stereocenters. The second kappa shape index (κ2) is 7.88. The van der Waals surface area contributed by atoms with Crippen molar-refractivity contribution >= 4 is 11.8 Å². The number of rotatable bonds is 6. The number of amides is 2. The van der Waals surface area contributed by atoms with Crippen LogP contribution in [0.15, 0.2) is 24.3 Å². The van der Waals surface area contributed by atoms with Crippen molar-refractivity contribution in [2.45, 2.75) is 62.3 Å². The lowest BCUT2D eigenvalue weighted by Gasteiger charge is -2.40. The molecule has 2 amide bonds. The Morgan fingerprint density at radius 3 is 2.65 bits per heavy atom. The Balaban J connectivity index is 1.26. The molecule has 2 bridgehead atoms. The number of halogens is 1. The molecule has 0 spiro atoms. The van der Waals surface area contributed by atoms with Gasteiger partial charge in [-0.2, -0.15) is 5.26 Å². The Morgan fingerprint density at radius 2 is 2.00 bits per heavy atom. The quantitative estimate of drug-likeness (QED) is 0.744. The van der Waals surface area contributed by atoms with E-state index in [1.807, 2.05) is 9.80 Å². The van der Waals surface area contributed by atoms with Gasteiger partial charge in [0, 0.05) is 25.7 Å². The SMILES string of the molecule is N#C[C@@H]1CCCN1C(=O)[C@@H](N)CN1CC2C[C@H]1C(=O)N2[C@H](c1ccc(F)cc1)C1CC1. The molecule has 1 saturated carbocycles. The van der Waals surface area contributed by atoms with Crippen molar-refractivity contribution in [1.29, 1.82) is 5.26 Å². The largest absolute Gasteiger partial charge is 0.330 e. The molecule has 164 valence electrons. The van der Waals surface area contributed by atoms with Crippen LogP contribution in [0.3, 0.4) is 0 Å². The summed E-state index contributed by atoms with van der Waals surface area (Å²) in [7, 11) is 0. The van der Waals surface area contributed by atoms with Crippen LogP contribution in [0.25, 0.3) is 0 Å². The fraction of sp³-hybridized carbons (Fsp3) is 0.609. The average Bonchev–Trinajstić information content (AvgIpc) is 3.20. The van der Waals surface area contributed by atoms with Crippen LogP contribution in [-0.4, -0.2) is 70.3 Å². The fourth-order valence-corrected chi connectivity index (χ4v) is 5.70. The van der Waals surface area contributed by atoms with Gasteiger partial charge in [-0.15, -0.1) is 0 Å². The minimum atomic E-state index is -0.731. The molecule has 3 heterocycles. The van der Waals surface area contributed by atoms with E-state index < -0.39 is 6.04 Å². The smallest absolute Gasteiger partial charge is 0.241 e. The van der Waals surface area contributed by atoms with Crippen molar-refractivity contribution in [2.75, 3.05) is 19.6 Å². The van der Waals surface area contributed by atoms with E-state index in [-0.39, 0.29) is 41.8 Å². The first-order chi connectivity index (χ1) is 15.0. The first-order valence-corrected chi connectivity index (χ1v) is 11.3. The van der Waals surface area contributed by atoms with Gasteiger partial charge in [-0.25, -0.2) is 4.39 Å². The van der Waals surface area contributed by atoms with Crippen LogP contribution in [0.5, 0.6) is 0 Å². The van der Waals surface area contributed by atoms with E-state index in [9.17, 15) is 19.2 Å². The summed E-state index contributed by atoms with van der Waals surface area (Å²) in [6.07, 6.45) is 4.44. The van der Waals surface area contributed by atoms with Gasteiger partial charge in [-0.05, 0) is 55.7 Å². The van der Waals surface area contributed by atoms with Crippen molar-refractivity contribution < 1.29 is 14.0 Å². The van der Waals surface area contributed by atoms with Gasteiger partial charge in [0.2, 0.25) is 11.8 Å². The molecule has 7 nitrogen and oxygen atoms in total. The molecule has 1 aromatic rings. The minimum absolute atomic E-state index is 0.00143. The van der Waals surface area contributed by atoms with Crippen molar-refractivity contribution in [1.82, 2.24) is 14.7 Å². The zero-order chi connectivity index (χ0) is 21.7. The van der Waals surface area contributed by atoms with Crippen LogP contribution in [-0.2, 0) is 9.59 Å². The highest BCUT2D eigenvalue weighted by molar-refractivity contribution is 5.87. The average molecular weight is 426 g/mol.